The summed E-state index contributed by atoms with van der Waals surface area (Å²) in [6.07, 6.45) is 1.55. The van der Waals surface area contributed by atoms with Crippen LogP contribution >= 0.6 is 0 Å². The monoisotopic (exact) mass is 304 g/mol. The van der Waals surface area contributed by atoms with Crippen LogP contribution in [0.2, 0.25) is 0 Å². The van der Waals surface area contributed by atoms with Crippen molar-refractivity contribution >= 4 is 21.8 Å². The van der Waals surface area contributed by atoms with Crippen molar-refractivity contribution in [2.75, 3.05) is 7.11 Å². The summed E-state index contributed by atoms with van der Waals surface area (Å²) in [6.45, 7) is 0. The third-order valence-electron chi connectivity index (χ3n) is 3.73. The van der Waals surface area contributed by atoms with E-state index in [1.54, 1.807) is 25.4 Å². The van der Waals surface area contributed by atoms with E-state index in [1.807, 2.05) is 36.4 Å². The molecule has 5 nitrogen and oxygen atoms in total. The number of rotatable bonds is 2. The van der Waals surface area contributed by atoms with Gasteiger partial charge in [0.25, 0.3) is 0 Å². The average molecular weight is 304 g/mol. The fourth-order valence-electron chi connectivity index (χ4n) is 2.66. The molecule has 0 aliphatic carbocycles. The van der Waals surface area contributed by atoms with Crippen molar-refractivity contribution in [3.05, 3.63) is 65.1 Å². The molecule has 112 valence electrons. The van der Waals surface area contributed by atoms with Gasteiger partial charge in [-0.15, -0.1) is 0 Å². The van der Waals surface area contributed by atoms with Crippen LogP contribution in [0.3, 0.4) is 0 Å². The molecule has 0 bridgehead atoms. The van der Waals surface area contributed by atoms with Gasteiger partial charge in [0.1, 0.15) is 11.3 Å². The number of aromatic nitrogens is 2. The Morgan fingerprint density at radius 1 is 1.00 bits per heavy atom. The molecule has 2 aromatic heterocycles. The van der Waals surface area contributed by atoms with Crippen LogP contribution in [0.4, 0.5) is 0 Å². The number of ether oxygens (including phenoxy) is 1. The first-order chi connectivity index (χ1) is 11.3. The van der Waals surface area contributed by atoms with Crippen LogP contribution in [0, 0.1) is 0 Å². The summed E-state index contributed by atoms with van der Waals surface area (Å²) in [4.78, 5) is 20.6. The SMILES string of the molecule is COc1ccc(-c2nc3cccnc3c(=O)o2)c2ccccc12. The molecule has 0 saturated heterocycles. The minimum absolute atomic E-state index is 0.231. The van der Waals surface area contributed by atoms with Crippen LogP contribution in [-0.2, 0) is 0 Å². The van der Waals surface area contributed by atoms with E-state index in [4.69, 9.17) is 9.15 Å². The van der Waals surface area contributed by atoms with E-state index in [-0.39, 0.29) is 11.4 Å². The first kappa shape index (κ1) is 13.5. The highest BCUT2D eigenvalue weighted by Crippen LogP contribution is 2.33. The van der Waals surface area contributed by atoms with Crippen molar-refractivity contribution in [3.8, 4) is 17.2 Å². The Hall–Kier alpha value is -3.21. The van der Waals surface area contributed by atoms with Crippen molar-refractivity contribution in [3.63, 3.8) is 0 Å². The Kier molecular flexibility index (Phi) is 3.05. The van der Waals surface area contributed by atoms with Gasteiger partial charge in [0.15, 0.2) is 5.52 Å². The maximum absolute atomic E-state index is 12.1. The van der Waals surface area contributed by atoms with E-state index in [1.165, 1.54) is 0 Å². The third-order valence-corrected chi connectivity index (χ3v) is 3.73. The zero-order chi connectivity index (χ0) is 15.8. The number of fused-ring (bicyclic) bond motifs is 2. The van der Waals surface area contributed by atoms with Crippen molar-refractivity contribution in [2.45, 2.75) is 0 Å². The smallest absolute Gasteiger partial charge is 0.365 e. The maximum Gasteiger partial charge on any atom is 0.365 e. The van der Waals surface area contributed by atoms with Crippen molar-refractivity contribution in [1.29, 1.82) is 0 Å². The van der Waals surface area contributed by atoms with Gasteiger partial charge in [-0.2, -0.15) is 0 Å². The molecule has 5 heteroatoms. The highest BCUT2D eigenvalue weighted by molar-refractivity contribution is 5.98. The van der Waals surface area contributed by atoms with Gasteiger partial charge in [0, 0.05) is 17.1 Å². The molecule has 0 amide bonds. The van der Waals surface area contributed by atoms with Gasteiger partial charge in [-0.25, -0.2) is 14.8 Å². The molecule has 2 aromatic carbocycles. The van der Waals surface area contributed by atoms with Gasteiger partial charge >= 0.3 is 5.63 Å². The van der Waals surface area contributed by atoms with Crippen molar-refractivity contribution in [2.24, 2.45) is 0 Å². The van der Waals surface area contributed by atoms with E-state index in [2.05, 4.69) is 9.97 Å². The van der Waals surface area contributed by atoms with Crippen LogP contribution in [0.5, 0.6) is 5.75 Å². The van der Waals surface area contributed by atoms with Gasteiger partial charge in [-0.3, -0.25) is 0 Å². The molecule has 0 N–H and O–H groups in total. The molecule has 0 saturated carbocycles. The Labute approximate surface area is 131 Å². The number of benzene rings is 2. The van der Waals surface area contributed by atoms with E-state index < -0.39 is 5.63 Å². The summed E-state index contributed by atoms with van der Waals surface area (Å²) < 4.78 is 10.8. The summed E-state index contributed by atoms with van der Waals surface area (Å²) in [5.41, 5.74) is 0.988. The average Bonchev–Trinajstić information content (AvgIpc) is 2.60. The molecule has 0 aliphatic heterocycles. The molecular formula is C18H12N2O3. The molecule has 0 atom stereocenters. The van der Waals surface area contributed by atoms with Gasteiger partial charge in [0.05, 0.1) is 7.11 Å². The van der Waals surface area contributed by atoms with Gasteiger partial charge in [-0.1, -0.05) is 24.3 Å². The Morgan fingerprint density at radius 2 is 1.83 bits per heavy atom. The topological polar surface area (TPSA) is 65.2 Å². The van der Waals surface area contributed by atoms with E-state index in [9.17, 15) is 4.79 Å². The Morgan fingerprint density at radius 3 is 2.65 bits per heavy atom. The third kappa shape index (κ3) is 2.14. The molecule has 0 fully saturated rings. The Bertz CT molecular complexity index is 1090. The summed E-state index contributed by atoms with van der Waals surface area (Å²) in [6, 6.07) is 14.9. The van der Waals surface area contributed by atoms with E-state index >= 15 is 0 Å². The predicted molar refractivity (Wildman–Crippen MR) is 87.6 cm³/mol. The van der Waals surface area contributed by atoms with Gasteiger partial charge < -0.3 is 9.15 Å². The number of nitrogens with zero attached hydrogens (tertiary/aromatic N) is 2. The summed E-state index contributed by atoms with van der Waals surface area (Å²) in [5.74, 6) is 1.03. The van der Waals surface area contributed by atoms with Crippen molar-refractivity contribution in [1.82, 2.24) is 9.97 Å². The summed E-state index contributed by atoms with van der Waals surface area (Å²) >= 11 is 0. The predicted octanol–water partition coefficient (Wildman–Crippen LogP) is 3.41. The molecular weight excluding hydrogens is 292 g/mol. The first-order valence-electron chi connectivity index (χ1n) is 7.10. The zero-order valence-corrected chi connectivity index (χ0v) is 12.3. The van der Waals surface area contributed by atoms with E-state index in [0.717, 1.165) is 22.1 Å². The molecule has 0 aliphatic rings. The lowest BCUT2D eigenvalue weighted by Crippen LogP contribution is -2.04. The molecule has 23 heavy (non-hydrogen) atoms. The number of pyridine rings is 1. The first-order valence-corrected chi connectivity index (χ1v) is 7.10. The largest absolute Gasteiger partial charge is 0.496 e. The normalized spacial score (nSPS) is 11.0. The fraction of sp³-hybridized carbons (Fsp3) is 0.0556. The van der Waals surface area contributed by atoms with Crippen LogP contribution in [0.1, 0.15) is 0 Å². The number of methoxy groups -OCH3 is 1. The minimum Gasteiger partial charge on any atom is -0.496 e. The summed E-state index contributed by atoms with van der Waals surface area (Å²) in [7, 11) is 1.63. The second kappa shape index (κ2) is 5.21. The molecule has 0 radical (unpaired) electrons. The van der Waals surface area contributed by atoms with Crippen LogP contribution in [0.15, 0.2) is 63.9 Å². The van der Waals surface area contributed by atoms with Gasteiger partial charge in [0.2, 0.25) is 5.89 Å². The molecule has 0 unspecified atom stereocenters. The molecule has 2 heterocycles. The number of hydrogen-bond acceptors (Lipinski definition) is 5. The second-order valence-corrected chi connectivity index (χ2v) is 5.04. The van der Waals surface area contributed by atoms with Crippen LogP contribution in [-0.4, -0.2) is 17.1 Å². The highest BCUT2D eigenvalue weighted by atomic mass is 16.5. The highest BCUT2D eigenvalue weighted by Gasteiger charge is 2.13. The Balaban J connectivity index is 2.05. The lowest BCUT2D eigenvalue weighted by atomic mass is 10.0. The minimum atomic E-state index is -0.495. The zero-order valence-electron chi connectivity index (χ0n) is 12.3. The molecule has 4 rings (SSSR count). The lowest BCUT2D eigenvalue weighted by molar-refractivity contribution is 0.420. The quantitative estimate of drug-likeness (QED) is 0.568. The maximum atomic E-state index is 12.1. The van der Waals surface area contributed by atoms with Gasteiger partial charge in [-0.05, 0) is 29.7 Å². The lowest BCUT2D eigenvalue weighted by Gasteiger charge is -2.09. The standard InChI is InChI=1S/C18H12N2O3/c1-22-15-9-8-13(11-5-2-3-6-12(11)15)17-20-14-7-4-10-19-16(14)18(21)23-17/h2-10H,1H3. The van der Waals surface area contributed by atoms with Crippen molar-refractivity contribution < 1.29 is 9.15 Å². The fourth-order valence-corrected chi connectivity index (χ4v) is 2.66. The summed E-state index contributed by atoms with van der Waals surface area (Å²) in [5, 5.41) is 1.84. The molecule has 4 aromatic rings. The van der Waals surface area contributed by atoms with Crippen LogP contribution < -0.4 is 10.4 Å². The van der Waals surface area contributed by atoms with E-state index in [0.29, 0.717) is 5.52 Å². The number of hydrogen-bond donors (Lipinski definition) is 0. The molecule has 0 spiro atoms. The van der Waals surface area contributed by atoms with Crippen LogP contribution in [0.25, 0.3) is 33.3 Å². The second-order valence-electron chi connectivity index (χ2n) is 5.04.